The van der Waals surface area contributed by atoms with Crippen LogP contribution in [0.25, 0.3) is 0 Å². The lowest BCUT2D eigenvalue weighted by Gasteiger charge is -2.40. The number of allylic oxidation sites excluding steroid dienone is 8. The molecule has 12 heteroatoms. The lowest BCUT2D eigenvalue weighted by molar-refractivity contribution is -0.301. The van der Waals surface area contributed by atoms with Gasteiger partial charge in [0.15, 0.2) is 24.6 Å². The van der Waals surface area contributed by atoms with Crippen molar-refractivity contribution >= 4 is 23.9 Å². The van der Waals surface area contributed by atoms with E-state index >= 15 is 0 Å². The molecule has 0 aromatic carbocycles. The van der Waals surface area contributed by atoms with Crippen molar-refractivity contribution in [2.75, 3.05) is 13.2 Å². The van der Waals surface area contributed by atoms with Crippen LogP contribution in [0.5, 0.6) is 0 Å². The number of ether oxygens (including phenoxy) is 5. The fourth-order valence-electron chi connectivity index (χ4n) is 10.5. The zero-order valence-electron chi connectivity index (χ0n) is 53.5. The maximum absolute atomic E-state index is 13.2. The average molecular weight is 1170 g/mol. The third kappa shape index (κ3) is 48.5. The third-order valence-electron chi connectivity index (χ3n) is 15.9. The molecule has 0 spiro atoms. The van der Waals surface area contributed by atoms with Crippen LogP contribution < -0.4 is 0 Å². The first-order valence-electron chi connectivity index (χ1n) is 34.6. The minimum Gasteiger partial charge on any atom is -0.479 e. The van der Waals surface area contributed by atoms with Gasteiger partial charge >= 0.3 is 23.9 Å². The number of hydrogen-bond acceptors (Lipinski definition) is 11. The first-order valence-corrected chi connectivity index (χ1v) is 34.6. The molecule has 1 heterocycles. The Bertz CT molecular complexity index is 1630. The molecule has 83 heavy (non-hydrogen) atoms. The van der Waals surface area contributed by atoms with Gasteiger partial charge in [-0.3, -0.25) is 14.4 Å². The summed E-state index contributed by atoms with van der Waals surface area (Å²) in [6.07, 6.45) is 60.6. The Balaban J connectivity index is 2.63. The molecular formula is C71H126O12. The minimum atomic E-state index is -1.90. The van der Waals surface area contributed by atoms with Gasteiger partial charge < -0.3 is 39.0 Å². The number of carboxylic acids is 1. The van der Waals surface area contributed by atoms with Gasteiger partial charge in [-0.1, -0.05) is 275 Å². The smallest absolute Gasteiger partial charge is 0.335 e. The van der Waals surface area contributed by atoms with Gasteiger partial charge in [-0.05, 0) is 83.5 Å². The number of aliphatic hydroxyl groups is 2. The molecule has 3 N–H and O–H groups in total. The standard InChI is InChI=1S/C71H126O12/c1-4-7-10-13-16-19-22-25-28-30-32-34-37-39-42-45-48-51-54-57-63(72)79-60-62(81-64(73)58-55-52-49-46-43-40-36-27-24-21-18-15-12-9-6-3)61-80-71-69(67(76)66(75)68(83-71)70(77)78)82-65(74)59-56-53-50-47-44-41-38-35-33-31-29-26-23-20-17-14-11-8-5-2/h16,19,25,27-28,32,34,36,62,66-69,71,75-76H,4-15,17-18,20-24,26,29-31,33,35,37-61H2,1-3H3,(H,77,78)/b19-16-,28-25-,34-32-,36-27-. The molecule has 0 aromatic rings. The third-order valence-corrected chi connectivity index (χ3v) is 15.9. The van der Waals surface area contributed by atoms with Crippen LogP contribution in [-0.4, -0.2) is 89.2 Å². The van der Waals surface area contributed by atoms with E-state index in [0.29, 0.717) is 19.3 Å². The highest BCUT2D eigenvalue weighted by atomic mass is 16.7. The van der Waals surface area contributed by atoms with E-state index in [1.165, 1.54) is 161 Å². The maximum Gasteiger partial charge on any atom is 0.335 e. The molecule has 1 aliphatic heterocycles. The van der Waals surface area contributed by atoms with Crippen LogP contribution in [0.2, 0.25) is 0 Å². The number of esters is 3. The Morgan fingerprint density at radius 2 is 0.723 bits per heavy atom. The van der Waals surface area contributed by atoms with Crippen LogP contribution in [0.1, 0.15) is 329 Å². The summed E-state index contributed by atoms with van der Waals surface area (Å²) in [5.41, 5.74) is 0. The van der Waals surface area contributed by atoms with Gasteiger partial charge in [0.05, 0.1) is 6.61 Å². The second-order valence-electron chi connectivity index (χ2n) is 23.8. The Kier molecular flexibility index (Phi) is 55.3. The van der Waals surface area contributed by atoms with Gasteiger partial charge in [-0.25, -0.2) is 4.79 Å². The van der Waals surface area contributed by atoms with Crippen LogP contribution in [0, 0.1) is 0 Å². The molecular weight excluding hydrogens is 1040 g/mol. The van der Waals surface area contributed by atoms with Crippen molar-refractivity contribution in [3.05, 3.63) is 48.6 Å². The van der Waals surface area contributed by atoms with Gasteiger partial charge in [0, 0.05) is 19.3 Å². The van der Waals surface area contributed by atoms with Crippen LogP contribution in [0.4, 0.5) is 0 Å². The van der Waals surface area contributed by atoms with Crippen molar-refractivity contribution in [3.63, 3.8) is 0 Å². The summed E-state index contributed by atoms with van der Waals surface area (Å²) in [5, 5.41) is 31.7. The predicted octanol–water partition coefficient (Wildman–Crippen LogP) is 18.9. The van der Waals surface area contributed by atoms with Gasteiger partial charge in [0.25, 0.3) is 0 Å². The van der Waals surface area contributed by atoms with Gasteiger partial charge in [-0.2, -0.15) is 0 Å². The number of rotatable bonds is 60. The van der Waals surface area contributed by atoms with Crippen molar-refractivity contribution in [1.29, 1.82) is 0 Å². The lowest BCUT2D eigenvalue weighted by Crippen LogP contribution is -2.61. The fraction of sp³-hybridized carbons (Fsp3) is 0.831. The summed E-state index contributed by atoms with van der Waals surface area (Å²) in [5.74, 6) is -3.11. The number of carbonyl (C=O) groups is 4. The average Bonchev–Trinajstić information content (AvgIpc) is 3.57. The molecule has 0 aromatic heterocycles. The van der Waals surface area contributed by atoms with E-state index < -0.39 is 67.3 Å². The number of carboxylic acid groups (broad SMARTS) is 1. The van der Waals surface area contributed by atoms with E-state index in [1.54, 1.807) is 0 Å². The SMILES string of the molecule is CCCCC/C=C\C/C=C\C/C=C\CCCCCCCCC(=O)OCC(COC1OC(C(=O)O)C(O)C(O)C1OC(=O)CCCCCCCCCCCCCCCCCCCCC)OC(=O)CCCCCCC/C=C\CCCCCCCC. The minimum absolute atomic E-state index is 0.0631. The quantitative estimate of drug-likeness (QED) is 0.0228. The summed E-state index contributed by atoms with van der Waals surface area (Å²) in [6, 6.07) is 0. The summed E-state index contributed by atoms with van der Waals surface area (Å²) < 4.78 is 28.6. The number of aliphatic hydroxyl groups excluding tert-OH is 2. The highest BCUT2D eigenvalue weighted by Crippen LogP contribution is 2.27. The Hall–Kier alpha value is -3.32. The fourth-order valence-corrected chi connectivity index (χ4v) is 10.5. The van der Waals surface area contributed by atoms with Crippen molar-refractivity contribution in [2.45, 2.75) is 366 Å². The Labute approximate surface area is 507 Å². The highest BCUT2D eigenvalue weighted by molar-refractivity contribution is 5.74. The van der Waals surface area contributed by atoms with Crippen LogP contribution >= 0.6 is 0 Å². The molecule has 0 bridgehead atoms. The monoisotopic (exact) mass is 1170 g/mol. The van der Waals surface area contributed by atoms with Gasteiger partial charge in [-0.15, -0.1) is 0 Å². The van der Waals surface area contributed by atoms with Crippen molar-refractivity contribution < 1.29 is 58.2 Å². The van der Waals surface area contributed by atoms with E-state index in [1.807, 2.05) is 0 Å². The van der Waals surface area contributed by atoms with Crippen molar-refractivity contribution in [1.82, 2.24) is 0 Å². The van der Waals surface area contributed by atoms with E-state index in [0.717, 1.165) is 109 Å². The maximum atomic E-state index is 13.2. The van der Waals surface area contributed by atoms with Gasteiger partial charge in [0.2, 0.25) is 0 Å². The van der Waals surface area contributed by atoms with Gasteiger partial charge in [0.1, 0.15) is 18.8 Å². The largest absolute Gasteiger partial charge is 0.479 e. The molecule has 1 saturated heterocycles. The zero-order chi connectivity index (χ0) is 60.3. The molecule has 12 nitrogen and oxygen atoms in total. The van der Waals surface area contributed by atoms with E-state index in [-0.39, 0.29) is 25.9 Å². The first kappa shape index (κ1) is 77.7. The molecule has 6 unspecified atom stereocenters. The van der Waals surface area contributed by atoms with Crippen LogP contribution in [0.15, 0.2) is 48.6 Å². The Morgan fingerprint density at radius 1 is 0.398 bits per heavy atom. The molecule has 1 aliphatic rings. The predicted molar refractivity (Wildman–Crippen MR) is 340 cm³/mol. The van der Waals surface area contributed by atoms with Crippen LogP contribution in [0.3, 0.4) is 0 Å². The Morgan fingerprint density at radius 3 is 1.13 bits per heavy atom. The second kappa shape index (κ2) is 59.0. The van der Waals surface area contributed by atoms with E-state index in [2.05, 4.69) is 69.4 Å². The summed E-state index contributed by atoms with van der Waals surface area (Å²) in [6.45, 7) is 6.00. The van der Waals surface area contributed by atoms with E-state index in [4.69, 9.17) is 23.7 Å². The van der Waals surface area contributed by atoms with E-state index in [9.17, 15) is 34.5 Å². The molecule has 0 radical (unpaired) electrons. The summed E-state index contributed by atoms with van der Waals surface area (Å²) in [7, 11) is 0. The number of hydrogen-bond donors (Lipinski definition) is 3. The molecule has 1 rings (SSSR count). The lowest BCUT2D eigenvalue weighted by atomic mass is 9.98. The second-order valence-corrected chi connectivity index (χ2v) is 23.8. The topological polar surface area (TPSA) is 175 Å². The summed E-state index contributed by atoms with van der Waals surface area (Å²) in [4.78, 5) is 51.4. The molecule has 1 fully saturated rings. The number of unbranched alkanes of at least 4 members (excludes halogenated alkanes) is 38. The number of carbonyl (C=O) groups excluding carboxylic acids is 3. The van der Waals surface area contributed by atoms with Crippen LogP contribution in [-0.2, 0) is 42.9 Å². The first-order chi connectivity index (χ1) is 40.6. The molecule has 6 atom stereocenters. The molecule has 0 saturated carbocycles. The van der Waals surface area contributed by atoms with Crippen molar-refractivity contribution in [3.8, 4) is 0 Å². The molecule has 0 amide bonds. The number of aliphatic carboxylic acids is 1. The normalized spacial score (nSPS) is 17.8. The summed E-state index contributed by atoms with van der Waals surface area (Å²) >= 11 is 0. The zero-order valence-corrected chi connectivity index (χ0v) is 53.5. The molecule has 0 aliphatic carbocycles. The highest BCUT2D eigenvalue weighted by Gasteiger charge is 2.50. The van der Waals surface area contributed by atoms with Crippen molar-refractivity contribution in [2.24, 2.45) is 0 Å². The molecule has 482 valence electrons.